The molecule has 0 unspecified atom stereocenters. The number of aromatic nitrogens is 1. The number of esters is 1. The minimum Gasteiger partial charge on any atom is -0.496 e. The number of hydrogen-bond donors (Lipinski definition) is 0. The second-order valence-corrected chi connectivity index (χ2v) is 13.4. The van der Waals surface area contributed by atoms with Crippen LogP contribution in [0.15, 0.2) is 36.5 Å². The van der Waals surface area contributed by atoms with E-state index in [1.807, 2.05) is 19.1 Å². The van der Waals surface area contributed by atoms with E-state index in [0.717, 1.165) is 22.1 Å². The highest BCUT2D eigenvalue weighted by molar-refractivity contribution is 6.03. The van der Waals surface area contributed by atoms with Gasteiger partial charge in [-0.15, -0.1) is 0 Å². The molecular formula is C35H43F3N4O6. The van der Waals surface area contributed by atoms with Crippen LogP contribution in [0.1, 0.15) is 73.1 Å². The molecule has 1 amide bonds. The molecule has 3 aromatic rings. The highest BCUT2D eigenvalue weighted by Gasteiger charge is 2.35. The number of piperazine rings is 1. The van der Waals surface area contributed by atoms with Crippen molar-refractivity contribution in [2.24, 2.45) is 0 Å². The number of aryl methyl sites for hydroxylation is 1. The van der Waals surface area contributed by atoms with Gasteiger partial charge in [0.25, 0.3) is 0 Å². The van der Waals surface area contributed by atoms with E-state index in [0.29, 0.717) is 56.0 Å². The molecule has 0 N–H and O–H groups in total. The topological polar surface area (TPSA) is 93.6 Å². The van der Waals surface area contributed by atoms with Crippen molar-refractivity contribution in [3.8, 4) is 5.75 Å². The summed E-state index contributed by atoms with van der Waals surface area (Å²) in [7, 11) is 2.85. The largest absolute Gasteiger partial charge is 0.496 e. The zero-order valence-electron chi connectivity index (χ0n) is 28.3. The first-order valence-corrected chi connectivity index (χ1v) is 16.1. The molecule has 5 rings (SSSR count). The quantitative estimate of drug-likeness (QED) is 0.252. The van der Waals surface area contributed by atoms with Crippen LogP contribution in [0.25, 0.3) is 10.9 Å². The van der Waals surface area contributed by atoms with Gasteiger partial charge in [-0.3, -0.25) is 19.2 Å². The highest BCUT2D eigenvalue weighted by Crippen LogP contribution is 2.38. The second kappa shape index (κ2) is 13.8. The standard InChI is InChI=1S/C35H43F3N4O6/c1-22-18-29(46-5)26(24-11-14-42(31(22)24)33(45)48-34(2,3)4)20-40-17-16-39(15-12-35(36,37)38)21-28(40)23-9-10-25(32(44)47-6)27(19-23)41-13-7-8-30(41)43/h9-11,14,18-19,28H,7-8,12-13,15-17,20-21H2,1-6H3/t28-/m0/s1. The molecule has 2 fully saturated rings. The first kappa shape index (κ1) is 35.2. The van der Waals surface area contributed by atoms with Crippen LogP contribution in [0.5, 0.6) is 5.75 Å². The Morgan fingerprint density at radius 3 is 2.40 bits per heavy atom. The summed E-state index contributed by atoms with van der Waals surface area (Å²) < 4.78 is 57.8. The van der Waals surface area contributed by atoms with E-state index in [-0.39, 0.29) is 24.6 Å². The third-order valence-corrected chi connectivity index (χ3v) is 8.86. The monoisotopic (exact) mass is 672 g/mol. The molecular weight excluding hydrogens is 629 g/mol. The van der Waals surface area contributed by atoms with Gasteiger partial charge in [0.15, 0.2) is 0 Å². The zero-order valence-corrected chi connectivity index (χ0v) is 28.3. The van der Waals surface area contributed by atoms with Crippen molar-refractivity contribution >= 4 is 34.6 Å². The van der Waals surface area contributed by atoms with Crippen LogP contribution in [0, 0.1) is 6.92 Å². The van der Waals surface area contributed by atoms with E-state index in [4.69, 9.17) is 14.2 Å². The lowest BCUT2D eigenvalue weighted by Crippen LogP contribution is -2.48. The molecule has 48 heavy (non-hydrogen) atoms. The van der Waals surface area contributed by atoms with Crippen LogP contribution >= 0.6 is 0 Å². The summed E-state index contributed by atoms with van der Waals surface area (Å²) >= 11 is 0. The number of ether oxygens (including phenoxy) is 3. The van der Waals surface area contributed by atoms with E-state index in [1.165, 1.54) is 11.7 Å². The van der Waals surface area contributed by atoms with Gasteiger partial charge in [0, 0.05) is 68.9 Å². The van der Waals surface area contributed by atoms with Crippen LogP contribution in [0.3, 0.4) is 0 Å². The Kier molecular flexibility index (Phi) is 10.1. The molecule has 2 aliphatic heterocycles. The number of amides is 1. The fourth-order valence-electron chi connectivity index (χ4n) is 6.61. The van der Waals surface area contributed by atoms with Gasteiger partial charge < -0.3 is 19.1 Å². The Balaban J connectivity index is 1.57. The lowest BCUT2D eigenvalue weighted by Gasteiger charge is -2.42. The van der Waals surface area contributed by atoms with Gasteiger partial charge in [-0.05, 0) is 69.5 Å². The van der Waals surface area contributed by atoms with Crippen molar-refractivity contribution < 1.29 is 41.8 Å². The first-order chi connectivity index (χ1) is 22.6. The molecule has 0 bridgehead atoms. The maximum Gasteiger partial charge on any atom is 0.419 e. The molecule has 2 aliphatic rings. The highest BCUT2D eigenvalue weighted by atomic mass is 19.4. The van der Waals surface area contributed by atoms with E-state index in [2.05, 4.69) is 4.90 Å². The summed E-state index contributed by atoms with van der Waals surface area (Å²) in [5.41, 5.74) is 3.04. The Labute approximate surface area is 278 Å². The molecule has 0 aliphatic carbocycles. The van der Waals surface area contributed by atoms with Crippen LogP contribution in [-0.2, 0) is 20.8 Å². The summed E-state index contributed by atoms with van der Waals surface area (Å²) in [6.07, 6.45) is -3.05. The number of benzene rings is 2. The first-order valence-electron chi connectivity index (χ1n) is 16.1. The lowest BCUT2D eigenvalue weighted by atomic mass is 9.97. The Morgan fingerprint density at radius 1 is 1.02 bits per heavy atom. The van der Waals surface area contributed by atoms with Gasteiger partial charge in [-0.25, -0.2) is 9.59 Å². The fraction of sp³-hybridized carbons (Fsp3) is 0.514. The molecule has 10 nitrogen and oxygen atoms in total. The SMILES string of the molecule is COC(=O)c1ccc([C@@H]2CN(CCC(F)(F)F)CCN2Cc2c(OC)cc(C)c3c2ccn3C(=O)OC(C)(C)C)cc1N1CCCC1=O. The fourth-order valence-corrected chi connectivity index (χ4v) is 6.61. The molecule has 1 atom stereocenters. The van der Waals surface area contributed by atoms with Crippen molar-refractivity contribution in [2.45, 2.75) is 71.3 Å². The van der Waals surface area contributed by atoms with Crippen molar-refractivity contribution in [3.05, 3.63) is 58.8 Å². The summed E-state index contributed by atoms with van der Waals surface area (Å²) in [5.74, 6) is -0.0692. The number of anilines is 1. The zero-order chi connectivity index (χ0) is 35.0. The smallest absolute Gasteiger partial charge is 0.419 e. The second-order valence-electron chi connectivity index (χ2n) is 13.4. The number of methoxy groups -OCH3 is 2. The molecule has 1 aromatic heterocycles. The van der Waals surface area contributed by atoms with Crippen LogP contribution < -0.4 is 9.64 Å². The van der Waals surface area contributed by atoms with Gasteiger partial charge in [0.2, 0.25) is 5.91 Å². The number of hydrogen-bond acceptors (Lipinski definition) is 8. The molecule has 13 heteroatoms. The normalized spacial score (nSPS) is 18.1. The van der Waals surface area contributed by atoms with Gasteiger partial charge in [-0.2, -0.15) is 13.2 Å². The average Bonchev–Trinajstić information content (AvgIpc) is 3.67. The van der Waals surface area contributed by atoms with Crippen molar-refractivity contribution in [2.75, 3.05) is 51.8 Å². The molecule has 2 saturated heterocycles. The van der Waals surface area contributed by atoms with Crippen molar-refractivity contribution in [1.29, 1.82) is 0 Å². The summed E-state index contributed by atoms with van der Waals surface area (Å²) in [4.78, 5) is 44.3. The van der Waals surface area contributed by atoms with Gasteiger partial charge in [0.1, 0.15) is 11.4 Å². The van der Waals surface area contributed by atoms with Crippen molar-refractivity contribution in [3.63, 3.8) is 0 Å². The minimum atomic E-state index is -4.29. The predicted octanol–water partition coefficient (Wildman–Crippen LogP) is 6.47. The third-order valence-electron chi connectivity index (χ3n) is 8.86. The summed E-state index contributed by atoms with van der Waals surface area (Å²) in [5, 5.41) is 0.792. The van der Waals surface area contributed by atoms with Crippen LogP contribution in [0.4, 0.5) is 23.7 Å². The number of rotatable bonds is 8. The number of alkyl halides is 3. The summed E-state index contributed by atoms with van der Waals surface area (Å²) in [6.45, 7) is 9.07. The Morgan fingerprint density at radius 2 is 1.77 bits per heavy atom. The van der Waals surface area contributed by atoms with E-state index < -0.39 is 36.3 Å². The van der Waals surface area contributed by atoms with Gasteiger partial charge in [-0.1, -0.05) is 6.07 Å². The molecule has 0 radical (unpaired) electrons. The summed E-state index contributed by atoms with van der Waals surface area (Å²) in [6, 6.07) is 8.52. The molecule has 260 valence electrons. The number of carbonyl (C=O) groups is 3. The van der Waals surface area contributed by atoms with Gasteiger partial charge in [0.05, 0.1) is 37.4 Å². The minimum absolute atomic E-state index is 0.106. The Hall–Kier alpha value is -4.10. The number of halogens is 3. The van der Waals surface area contributed by atoms with E-state index in [1.54, 1.807) is 62.1 Å². The maximum atomic E-state index is 13.3. The van der Waals surface area contributed by atoms with Crippen LogP contribution in [-0.4, -0.2) is 91.1 Å². The lowest BCUT2D eigenvalue weighted by molar-refractivity contribution is -0.139. The van der Waals surface area contributed by atoms with E-state index >= 15 is 0 Å². The van der Waals surface area contributed by atoms with Crippen molar-refractivity contribution in [1.82, 2.24) is 14.4 Å². The average molecular weight is 673 g/mol. The van der Waals surface area contributed by atoms with E-state index in [9.17, 15) is 27.6 Å². The van der Waals surface area contributed by atoms with Crippen LogP contribution in [0.2, 0.25) is 0 Å². The van der Waals surface area contributed by atoms with Gasteiger partial charge >= 0.3 is 18.2 Å². The Bertz CT molecular complexity index is 1700. The number of nitrogens with zero attached hydrogens (tertiary/aromatic N) is 4. The number of fused-ring (bicyclic) bond motifs is 1. The number of carbonyl (C=O) groups excluding carboxylic acids is 3. The predicted molar refractivity (Wildman–Crippen MR) is 174 cm³/mol. The third kappa shape index (κ3) is 7.62. The molecule has 3 heterocycles. The maximum absolute atomic E-state index is 13.3. The molecule has 0 saturated carbocycles. The molecule has 2 aromatic carbocycles. The molecule has 0 spiro atoms.